The maximum absolute atomic E-state index is 13.4. The van der Waals surface area contributed by atoms with Crippen molar-refractivity contribution in [3.8, 4) is 16.9 Å². The molecule has 4 rings (SSSR count). The molecule has 0 spiro atoms. The standard InChI is InChI=1S/C21H23F3N2O2/c1-25-13-15(3-5-20(25)27)16-9-17(21(22,23)24)11-19(10-16)28-7-6-26-12-14-2-4-18(26)8-14/h3,5,9-11,13-14,18H,2,4,6-8,12H2,1H3/t14-,18+/m0/s1. The van der Waals surface area contributed by atoms with Crippen molar-refractivity contribution in [2.24, 2.45) is 13.0 Å². The zero-order valence-electron chi connectivity index (χ0n) is 15.7. The van der Waals surface area contributed by atoms with Crippen molar-refractivity contribution in [3.63, 3.8) is 0 Å². The molecule has 0 unspecified atom stereocenters. The topological polar surface area (TPSA) is 34.5 Å². The predicted molar refractivity (Wildman–Crippen MR) is 100 cm³/mol. The summed E-state index contributed by atoms with van der Waals surface area (Å²) < 4.78 is 47.1. The Kier molecular flexibility index (Phi) is 4.95. The molecule has 2 aliphatic rings. The first-order chi connectivity index (χ1) is 13.3. The molecule has 2 heterocycles. The molecule has 1 saturated carbocycles. The number of halogens is 3. The van der Waals surface area contributed by atoms with E-state index in [0.29, 0.717) is 23.8 Å². The summed E-state index contributed by atoms with van der Waals surface area (Å²) in [7, 11) is 1.57. The Morgan fingerprint density at radius 1 is 1.14 bits per heavy atom. The van der Waals surface area contributed by atoms with E-state index in [1.807, 2.05) is 0 Å². The highest BCUT2D eigenvalue weighted by Crippen LogP contribution is 2.37. The van der Waals surface area contributed by atoms with E-state index in [9.17, 15) is 18.0 Å². The highest BCUT2D eigenvalue weighted by Gasteiger charge is 2.37. The van der Waals surface area contributed by atoms with E-state index in [4.69, 9.17) is 4.74 Å². The summed E-state index contributed by atoms with van der Waals surface area (Å²) in [5.41, 5.74) is -0.0586. The molecular weight excluding hydrogens is 369 g/mol. The van der Waals surface area contributed by atoms with Crippen LogP contribution in [0.25, 0.3) is 11.1 Å². The molecule has 28 heavy (non-hydrogen) atoms. The quantitative estimate of drug-likeness (QED) is 0.773. The molecule has 150 valence electrons. The third-order valence-electron chi connectivity index (χ3n) is 5.82. The number of fused-ring (bicyclic) bond motifs is 2. The minimum Gasteiger partial charge on any atom is -0.492 e. The molecule has 1 aliphatic carbocycles. The second kappa shape index (κ2) is 7.28. The highest BCUT2D eigenvalue weighted by molar-refractivity contribution is 5.65. The molecule has 2 bridgehead atoms. The zero-order valence-corrected chi connectivity index (χ0v) is 15.7. The van der Waals surface area contributed by atoms with Crippen LogP contribution in [-0.4, -0.2) is 35.2 Å². The summed E-state index contributed by atoms with van der Waals surface area (Å²) in [4.78, 5) is 14.0. The van der Waals surface area contributed by atoms with Crippen molar-refractivity contribution in [2.75, 3.05) is 19.7 Å². The van der Waals surface area contributed by atoms with Crippen LogP contribution in [0.5, 0.6) is 5.75 Å². The second-order valence-corrected chi connectivity index (χ2v) is 7.79. The molecule has 1 aliphatic heterocycles. The molecule has 1 saturated heterocycles. The first kappa shape index (κ1) is 19.1. The van der Waals surface area contributed by atoms with E-state index in [2.05, 4.69) is 4.90 Å². The lowest BCUT2D eigenvalue weighted by Gasteiger charge is -2.26. The predicted octanol–water partition coefficient (Wildman–Crippen LogP) is 3.93. The number of hydrogen-bond acceptors (Lipinski definition) is 3. The maximum Gasteiger partial charge on any atom is 0.416 e. The van der Waals surface area contributed by atoms with Gasteiger partial charge in [0.1, 0.15) is 12.4 Å². The first-order valence-electron chi connectivity index (χ1n) is 9.56. The summed E-state index contributed by atoms with van der Waals surface area (Å²) in [5, 5.41) is 0. The number of likely N-dealkylation sites (tertiary alicyclic amines) is 1. The minimum absolute atomic E-state index is 0.197. The van der Waals surface area contributed by atoms with E-state index in [0.717, 1.165) is 31.1 Å². The van der Waals surface area contributed by atoms with Crippen LogP contribution in [0.1, 0.15) is 24.8 Å². The number of aromatic nitrogens is 1. The second-order valence-electron chi connectivity index (χ2n) is 7.79. The fourth-order valence-corrected chi connectivity index (χ4v) is 4.36. The van der Waals surface area contributed by atoms with Gasteiger partial charge in [-0.1, -0.05) is 0 Å². The lowest BCUT2D eigenvalue weighted by Crippen LogP contribution is -2.35. The van der Waals surface area contributed by atoms with Crippen molar-refractivity contribution in [1.82, 2.24) is 9.47 Å². The Morgan fingerprint density at radius 2 is 1.96 bits per heavy atom. The molecule has 2 fully saturated rings. The SMILES string of the molecule is Cn1cc(-c2cc(OCCN3C[C@H]4CC[C@@H]3C4)cc(C(F)(F)F)c2)ccc1=O. The Hall–Kier alpha value is -2.28. The van der Waals surface area contributed by atoms with Crippen LogP contribution in [0.2, 0.25) is 0 Å². The number of rotatable bonds is 5. The van der Waals surface area contributed by atoms with Gasteiger partial charge in [-0.2, -0.15) is 13.2 Å². The molecule has 0 radical (unpaired) electrons. The summed E-state index contributed by atoms with van der Waals surface area (Å²) in [5.74, 6) is 0.970. The van der Waals surface area contributed by atoms with Gasteiger partial charge in [0.2, 0.25) is 5.56 Å². The zero-order chi connectivity index (χ0) is 19.9. The number of piperidine rings is 1. The summed E-state index contributed by atoms with van der Waals surface area (Å²) in [6, 6.07) is 7.22. The van der Waals surface area contributed by atoms with Gasteiger partial charge in [-0.25, -0.2) is 0 Å². The molecule has 2 aromatic rings. The number of nitrogens with zero attached hydrogens (tertiary/aromatic N) is 2. The minimum atomic E-state index is -4.47. The van der Waals surface area contributed by atoms with Crippen LogP contribution in [0.3, 0.4) is 0 Å². The molecule has 4 nitrogen and oxygen atoms in total. The molecule has 0 N–H and O–H groups in total. The van der Waals surface area contributed by atoms with Gasteiger partial charge in [-0.15, -0.1) is 0 Å². The Bertz CT molecular complexity index is 923. The highest BCUT2D eigenvalue weighted by atomic mass is 19.4. The normalized spacial score (nSPS) is 22.0. The smallest absolute Gasteiger partial charge is 0.416 e. The number of ether oxygens (including phenoxy) is 1. The third-order valence-corrected chi connectivity index (χ3v) is 5.82. The van der Waals surface area contributed by atoms with Crippen LogP contribution in [0.4, 0.5) is 13.2 Å². The number of benzene rings is 1. The lowest BCUT2D eigenvalue weighted by atomic mass is 10.0. The van der Waals surface area contributed by atoms with E-state index in [-0.39, 0.29) is 11.3 Å². The number of alkyl halides is 3. The van der Waals surface area contributed by atoms with Gasteiger partial charge in [-0.3, -0.25) is 9.69 Å². The molecule has 7 heteroatoms. The molecule has 2 atom stereocenters. The average molecular weight is 392 g/mol. The van der Waals surface area contributed by atoms with Gasteiger partial charge in [0, 0.05) is 38.4 Å². The molecule has 1 aromatic heterocycles. The van der Waals surface area contributed by atoms with Crippen LogP contribution < -0.4 is 10.3 Å². The largest absolute Gasteiger partial charge is 0.492 e. The van der Waals surface area contributed by atoms with E-state index >= 15 is 0 Å². The van der Waals surface area contributed by atoms with Gasteiger partial charge in [0.25, 0.3) is 0 Å². The number of aryl methyl sites for hydroxylation is 1. The Balaban J connectivity index is 1.54. The molecule has 0 amide bonds. The van der Waals surface area contributed by atoms with Crippen LogP contribution in [0.15, 0.2) is 41.3 Å². The van der Waals surface area contributed by atoms with E-state index in [1.165, 1.54) is 42.2 Å². The Morgan fingerprint density at radius 3 is 2.61 bits per heavy atom. The summed E-state index contributed by atoms with van der Waals surface area (Å²) in [6.07, 6.45) is 0.801. The average Bonchev–Trinajstić information content (AvgIpc) is 3.26. The van der Waals surface area contributed by atoms with Crippen molar-refractivity contribution in [2.45, 2.75) is 31.5 Å². The van der Waals surface area contributed by atoms with Crippen LogP contribution in [-0.2, 0) is 13.2 Å². The lowest BCUT2D eigenvalue weighted by molar-refractivity contribution is -0.137. The maximum atomic E-state index is 13.4. The van der Waals surface area contributed by atoms with Crippen molar-refractivity contribution in [1.29, 1.82) is 0 Å². The molecule has 1 aromatic carbocycles. The van der Waals surface area contributed by atoms with Crippen LogP contribution in [0, 0.1) is 5.92 Å². The fraction of sp³-hybridized carbons (Fsp3) is 0.476. The summed E-state index contributed by atoms with van der Waals surface area (Å²) in [6.45, 7) is 2.16. The van der Waals surface area contributed by atoms with Gasteiger partial charge in [-0.05, 0) is 60.6 Å². The first-order valence-corrected chi connectivity index (χ1v) is 9.56. The van der Waals surface area contributed by atoms with Crippen LogP contribution >= 0.6 is 0 Å². The number of hydrogen-bond donors (Lipinski definition) is 0. The van der Waals surface area contributed by atoms with E-state index in [1.54, 1.807) is 13.1 Å². The Labute approximate surface area is 161 Å². The number of pyridine rings is 1. The fourth-order valence-electron chi connectivity index (χ4n) is 4.36. The molecular formula is C21H23F3N2O2. The third kappa shape index (κ3) is 3.94. The van der Waals surface area contributed by atoms with Gasteiger partial charge in [0.15, 0.2) is 0 Å². The van der Waals surface area contributed by atoms with Crippen molar-refractivity contribution in [3.05, 3.63) is 52.4 Å². The van der Waals surface area contributed by atoms with E-state index < -0.39 is 11.7 Å². The van der Waals surface area contributed by atoms with Gasteiger partial charge >= 0.3 is 6.18 Å². The monoisotopic (exact) mass is 392 g/mol. The summed E-state index contributed by atoms with van der Waals surface area (Å²) >= 11 is 0. The van der Waals surface area contributed by atoms with Gasteiger partial charge in [0.05, 0.1) is 5.56 Å². The van der Waals surface area contributed by atoms with Gasteiger partial charge < -0.3 is 9.30 Å². The van der Waals surface area contributed by atoms with Crippen molar-refractivity contribution < 1.29 is 17.9 Å². The van der Waals surface area contributed by atoms with Crippen molar-refractivity contribution >= 4 is 0 Å².